The minimum Gasteiger partial charge on any atom is -0.497 e. The van der Waals surface area contributed by atoms with Crippen molar-refractivity contribution in [3.63, 3.8) is 0 Å². The fraction of sp³-hybridized carbons (Fsp3) is 0.312. The Kier molecular flexibility index (Phi) is 10.6. The van der Waals surface area contributed by atoms with Crippen molar-refractivity contribution in [2.75, 3.05) is 65.3 Å². The van der Waals surface area contributed by atoms with E-state index in [1.807, 2.05) is 101 Å². The summed E-state index contributed by atoms with van der Waals surface area (Å²) in [5.74, 6) is 1.64. The van der Waals surface area contributed by atoms with E-state index in [2.05, 4.69) is 10.2 Å². The van der Waals surface area contributed by atoms with Crippen LogP contribution in [0.1, 0.15) is 11.1 Å². The molecule has 8 nitrogen and oxygen atoms in total. The van der Waals surface area contributed by atoms with E-state index < -0.39 is 0 Å². The lowest BCUT2D eigenvalue weighted by molar-refractivity contribution is -0.130. The molecule has 1 N–H and O–H groups in total. The van der Waals surface area contributed by atoms with Crippen molar-refractivity contribution in [3.8, 4) is 11.5 Å². The van der Waals surface area contributed by atoms with Crippen molar-refractivity contribution in [3.05, 3.63) is 96.1 Å². The molecule has 3 amide bonds. The number of piperazine rings is 1. The lowest BCUT2D eigenvalue weighted by Gasteiger charge is -2.35. The zero-order valence-corrected chi connectivity index (χ0v) is 23.3. The average Bonchev–Trinajstić information content (AvgIpc) is 3.00. The van der Waals surface area contributed by atoms with Gasteiger partial charge in [0.15, 0.2) is 0 Å². The number of urea groups is 1. The number of hydrogen-bond donors (Lipinski definition) is 1. The second-order valence-corrected chi connectivity index (χ2v) is 9.63. The van der Waals surface area contributed by atoms with Crippen LogP contribution in [0.3, 0.4) is 0 Å². The maximum absolute atomic E-state index is 13.3. The van der Waals surface area contributed by atoms with Gasteiger partial charge >= 0.3 is 6.03 Å². The van der Waals surface area contributed by atoms with Gasteiger partial charge in [0.05, 0.1) is 20.6 Å². The van der Waals surface area contributed by atoms with Crippen molar-refractivity contribution < 1.29 is 19.1 Å². The van der Waals surface area contributed by atoms with Crippen LogP contribution < -0.4 is 14.8 Å². The first-order chi connectivity index (χ1) is 19.6. The van der Waals surface area contributed by atoms with Gasteiger partial charge in [-0.05, 0) is 35.9 Å². The molecule has 1 aliphatic rings. The van der Waals surface area contributed by atoms with E-state index >= 15 is 0 Å². The van der Waals surface area contributed by atoms with E-state index in [0.29, 0.717) is 32.6 Å². The van der Waals surface area contributed by atoms with Crippen LogP contribution in [0.15, 0.2) is 84.9 Å². The summed E-state index contributed by atoms with van der Waals surface area (Å²) in [7, 11) is 3.27. The summed E-state index contributed by atoms with van der Waals surface area (Å²) in [6, 6.07) is 24.9. The molecule has 0 atom stereocenters. The third kappa shape index (κ3) is 8.35. The Morgan fingerprint density at radius 3 is 2.27 bits per heavy atom. The van der Waals surface area contributed by atoms with Crippen molar-refractivity contribution in [2.24, 2.45) is 0 Å². The number of para-hydroxylation sites is 1. The number of carbonyl (C=O) groups excluding carboxylic acids is 2. The number of carbonyl (C=O) groups is 2. The average molecular weight is 543 g/mol. The number of nitrogens with zero attached hydrogens (tertiary/aromatic N) is 3. The number of nitrogens with one attached hydrogen (secondary N) is 1. The number of rotatable bonds is 11. The smallest absolute Gasteiger partial charge is 0.321 e. The van der Waals surface area contributed by atoms with Gasteiger partial charge in [-0.3, -0.25) is 9.69 Å². The normalized spacial score (nSPS) is 13.7. The van der Waals surface area contributed by atoms with E-state index in [0.717, 1.165) is 47.9 Å². The summed E-state index contributed by atoms with van der Waals surface area (Å²) < 4.78 is 10.6. The van der Waals surface area contributed by atoms with Gasteiger partial charge in [0.1, 0.15) is 11.5 Å². The molecule has 1 aliphatic heterocycles. The molecule has 0 radical (unpaired) electrons. The molecule has 0 saturated carbocycles. The summed E-state index contributed by atoms with van der Waals surface area (Å²) in [5, 5.41) is 2.95. The maximum atomic E-state index is 13.3. The largest absolute Gasteiger partial charge is 0.497 e. The summed E-state index contributed by atoms with van der Waals surface area (Å²) >= 11 is 0. The van der Waals surface area contributed by atoms with Crippen molar-refractivity contribution >= 4 is 23.7 Å². The number of ether oxygens (including phenoxy) is 2. The van der Waals surface area contributed by atoms with Gasteiger partial charge in [-0.15, -0.1) is 0 Å². The Balaban J connectivity index is 1.30. The molecule has 4 rings (SSSR count). The summed E-state index contributed by atoms with van der Waals surface area (Å²) in [6.45, 7) is 4.65. The highest BCUT2D eigenvalue weighted by molar-refractivity contribution is 5.89. The first-order valence-electron chi connectivity index (χ1n) is 13.6. The molecule has 0 aromatic heterocycles. The lowest BCUT2D eigenvalue weighted by Crippen LogP contribution is -2.51. The van der Waals surface area contributed by atoms with Crippen molar-refractivity contribution in [1.29, 1.82) is 0 Å². The number of amides is 3. The molecule has 210 valence electrons. The molecule has 0 spiro atoms. The molecule has 1 fully saturated rings. The van der Waals surface area contributed by atoms with Crippen LogP contribution in [0.2, 0.25) is 0 Å². The minimum absolute atomic E-state index is 0.0911. The predicted octanol–water partition coefficient (Wildman–Crippen LogP) is 4.64. The van der Waals surface area contributed by atoms with Crippen LogP contribution in [0.25, 0.3) is 6.08 Å². The van der Waals surface area contributed by atoms with Gasteiger partial charge in [-0.2, -0.15) is 0 Å². The van der Waals surface area contributed by atoms with E-state index in [9.17, 15) is 9.59 Å². The quantitative estimate of drug-likeness (QED) is 0.382. The maximum Gasteiger partial charge on any atom is 0.321 e. The molecule has 8 heteroatoms. The third-order valence-electron chi connectivity index (χ3n) is 7.00. The summed E-state index contributed by atoms with van der Waals surface area (Å²) in [6.07, 6.45) is 4.38. The Bertz CT molecular complexity index is 1260. The molecule has 3 aromatic rings. The third-order valence-corrected chi connectivity index (χ3v) is 7.00. The fourth-order valence-electron chi connectivity index (χ4n) is 4.62. The van der Waals surface area contributed by atoms with Gasteiger partial charge < -0.3 is 24.6 Å². The van der Waals surface area contributed by atoms with E-state index in [4.69, 9.17) is 9.47 Å². The molecule has 1 saturated heterocycles. The Morgan fingerprint density at radius 1 is 0.875 bits per heavy atom. The van der Waals surface area contributed by atoms with Crippen LogP contribution in [0.4, 0.5) is 10.5 Å². The molecular weight excluding hydrogens is 504 g/mol. The van der Waals surface area contributed by atoms with Crippen LogP contribution in [-0.4, -0.2) is 86.7 Å². The minimum atomic E-state index is -0.106. The van der Waals surface area contributed by atoms with Crippen LogP contribution in [0, 0.1) is 0 Å². The summed E-state index contributed by atoms with van der Waals surface area (Å²) in [5.41, 5.74) is 2.72. The highest BCUT2D eigenvalue weighted by Crippen LogP contribution is 2.19. The Hall–Kier alpha value is -4.30. The second-order valence-electron chi connectivity index (χ2n) is 9.63. The van der Waals surface area contributed by atoms with Crippen LogP contribution in [0.5, 0.6) is 11.5 Å². The first-order valence-corrected chi connectivity index (χ1v) is 13.6. The lowest BCUT2D eigenvalue weighted by atomic mass is 10.1. The molecular formula is C32H38N4O4. The van der Waals surface area contributed by atoms with E-state index in [-0.39, 0.29) is 11.9 Å². The molecule has 40 heavy (non-hydrogen) atoms. The van der Waals surface area contributed by atoms with Crippen LogP contribution in [-0.2, 0) is 11.2 Å². The predicted molar refractivity (Wildman–Crippen MR) is 159 cm³/mol. The SMILES string of the molecule is COc1ccc(NC(=O)N2CCN(CCN(CC=Cc3ccccc3OC)C(=O)Cc3ccccc3)CC2)cc1. The number of hydrogen-bond acceptors (Lipinski definition) is 5. The zero-order valence-electron chi connectivity index (χ0n) is 23.3. The molecule has 3 aromatic carbocycles. The van der Waals surface area contributed by atoms with E-state index in [1.54, 1.807) is 14.2 Å². The topological polar surface area (TPSA) is 74.3 Å². The molecule has 0 bridgehead atoms. The van der Waals surface area contributed by atoms with Gasteiger partial charge in [0, 0.05) is 57.1 Å². The standard InChI is InChI=1S/C32H38N4O4/c1-39-29-16-14-28(15-17-29)33-32(38)36-23-20-34(21-24-36)19-22-35(31(37)25-26-9-4-3-5-10-26)18-8-12-27-11-6-7-13-30(27)40-2/h3-17H,18-25H2,1-2H3,(H,33,38). The van der Waals surface area contributed by atoms with Gasteiger partial charge in [-0.1, -0.05) is 60.7 Å². The Morgan fingerprint density at radius 2 is 1.57 bits per heavy atom. The van der Waals surface area contributed by atoms with Gasteiger partial charge in [0.25, 0.3) is 0 Å². The Labute approximate surface area is 236 Å². The highest BCUT2D eigenvalue weighted by atomic mass is 16.5. The molecule has 0 unspecified atom stereocenters. The summed E-state index contributed by atoms with van der Waals surface area (Å²) in [4.78, 5) is 32.1. The van der Waals surface area contributed by atoms with Crippen LogP contribution >= 0.6 is 0 Å². The second kappa shape index (κ2) is 14.7. The monoisotopic (exact) mass is 542 g/mol. The highest BCUT2D eigenvalue weighted by Gasteiger charge is 2.22. The fourth-order valence-corrected chi connectivity index (χ4v) is 4.62. The molecule has 0 aliphatic carbocycles. The zero-order chi connectivity index (χ0) is 28.2. The molecule has 1 heterocycles. The number of benzene rings is 3. The number of methoxy groups -OCH3 is 2. The first kappa shape index (κ1) is 28.7. The number of anilines is 1. The van der Waals surface area contributed by atoms with Gasteiger partial charge in [-0.25, -0.2) is 4.79 Å². The van der Waals surface area contributed by atoms with Crippen molar-refractivity contribution in [2.45, 2.75) is 6.42 Å². The van der Waals surface area contributed by atoms with Gasteiger partial charge in [0.2, 0.25) is 5.91 Å². The van der Waals surface area contributed by atoms with Crippen molar-refractivity contribution in [1.82, 2.24) is 14.7 Å². The van der Waals surface area contributed by atoms with E-state index in [1.165, 1.54) is 0 Å².